The molecule has 1 heterocycles. The monoisotopic (exact) mass is 240 g/mol. The summed E-state index contributed by atoms with van der Waals surface area (Å²) in [7, 11) is 0. The third-order valence-corrected chi connectivity index (χ3v) is 2.94. The topological polar surface area (TPSA) is 30.2 Å². The number of Topliss-reactive ketones (excluding diaryl/α,β-unsaturated/α-hetero) is 1. The number of hydrogen-bond donors (Lipinski definition) is 0. The molecule has 0 saturated heterocycles. The summed E-state index contributed by atoms with van der Waals surface area (Å²) in [4.78, 5) is 11.3. The van der Waals surface area contributed by atoms with E-state index in [4.69, 9.17) is 4.42 Å². The number of aryl methyl sites for hydroxylation is 1. The van der Waals surface area contributed by atoms with Gasteiger partial charge in [0.1, 0.15) is 5.76 Å². The summed E-state index contributed by atoms with van der Waals surface area (Å²) >= 11 is 0. The minimum Gasteiger partial charge on any atom is -0.453 e. The molecule has 0 bridgehead atoms. The highest BCUT2D eigenvalue weighted by Gasteiger charge is 2.12. The summed E-state index contributed by atoms with van der Waals surface area (Å²) in [6.07, 6.45) is 2.01. The molecule has 0 N–H and O–H groups in total. The summed E-state index contributed by atoms with van der Waals surface area (Å²) in [5, 5.41) is 0. The Kier molecular flexibility index (Phi) is 3.47. The summed E-state index contributed by atoms with van der Waals surface area (Å²) in [6, 6.07) is 11.7. The molecule has 2 nitrogen and oxygen atoms in total. The van der Waals surface area contributed by atoms with Crippen LogP contribution >= 0.6 is 0 Å². The smallest absolute Gasteiger partial charge is 0.194 e. The zero-order valence-corrected chi connectivity index (χ0v) is 10.9. The molecule has 0 unspecified atom stereocenters. The molecule has 1 aromatic heterocycles. The molecule has 18 heavy (non-hydrogen) atoms. The highest BCUT2D eigenvalue weighted by molar-refractivity contribution is 5.92. The maximum Gasteiger partial charge on any atom is 0.194 e. The number of benzene rings is 1. The summed E-state index contributed by atoms with van der Waals surface area (Å²) in [5.41, 5.74) is 3.33. The van der Waals surface area contributed by atoms with E-state index in [1.54, 1.807) is 6.07 Å². The van der Waals surface area contributed by atoms with Gasteiger partial charge in [0, 0.05) is 12.5 Å². The zero-order chi connectivity index (χ0) is 13.1. The van der Waals surface area contributed by atoms with Gasteiger partial charge in [-0.2, -0.15) is 0 Å². The Balaban J connectivity index is 2.47. The van der Waals surface area contributed by atoms with Gasteiger partial charge in [0.25, 0.3) is 0 Å². The summed E-state index contributed by atoms with van der Waals surface area (Å²) in [6.45, 7) is 5.54. The van der Waals surface area contributed by atoms with Crippen LogP contribution < -0.4 is 0 Å². The highest BCUT2D eigenvalue weighted by Crippen LogP contribution is 2.27. The average molecular weight is 240 g/mol. The second-order valence-electron chi connectivity index (χ2n) is 4.24. The van der Waals surface area contributed by atoms with Crippen molar-refractivity contribution in [3.05, 3.63) is 65.1 Å². The Morgan fingerprint density at radius 2 is 1.78 bits per heavy atom. The van der Waals surface area contributed by atoms with Gasteiger partial charge in [0.2, 0.25) is 0 Å². The Morgan fingerprint density at radius 1 is 1.11 bits per heavy atom. The Labute approximate surface area is 107 Å². The van der Waals surface area contributed by atoms with Crippen LogP contribution in [-0.4, -0.2) is 5.78 Å². The minimum absolute atomic E-state index is 0.0542. The van der Waals surface area contributed by atoms with Gasteiger partial charge in [0.05, 0.1) is 0 Å². The van der Waals surface area contributed by atoms with Crippen molar-refractivity contribution < 1.29 is 9.21 Å². The van der Waals surface area contributed by atoms with E-state index in [0.717, 1.165) is 16.9 Å². The largest absolute Gasteiger partial charge is 0.453 e. The van der Waals surface area contributed by atoms with E-state index >= 15 is 0 Å². The fraction of sp³-hybridized carbons (Fsp3) is 0.188. The van der Waals surface area contributed by atoms with Gasteiger partial charge >= 0.3 is 0 Å². The first-order valence-electron chi connectivity index (χ1n) is 5.97. The Bertz CT molecular complexity index is 603. The Hall–Kier alpha value is -2.09. The van der Waals surface area contributed by atoms with E-state index in [1.807, 2.05) is 31.2 Å². The predicted octanol–water partition coefficient (Wildman–Crippen LogP) is 4.24. The molecule has 2 aromatic rings. The van der Waals surface area contributed by atoms with Crippen LogP contribution in [-0.2, 0) is 0 Å². The number of ketones is 1. The molecule has 0 fully saturated rings. The normalized spacial score (nSPS) is 11.6. The number of carbonyl (C=O) groups excluding carboxylic acids is 1. The van der Waals surface area contributed by atoms with Gasteiger partial charge in [-0.1, -0.05) is 30.3 Å². The molecule has 2 heteroatoms. The van der Waals surface area contributed by atoms with E-state index < -0.39 is 0 Å². The second kappa shape index (κ2) is 5.05. The van der Waals surface area contributed by atoms with Crippen LogP contribution in [0, 0.1) is 6.92 Å². The van der Waals surface area contributed by atoms with Crippen molar-refractivity contribution in [2.24, 2.45) is 0 Å². The second-order valence-corrected chi connectivity index (χ2v) is 4.24. The van der Waals surface area contributed by atoms with E-state index in [0.29, 0.717) is 5.76 Å². The quantitative estimate of drug-likeness (QED) is 0.751. The summed E-state index contributed by atoms with van der Waals surface area (Å²) in [5.74, 6) is 1.08. The maximum absolute atomic E-state index is 11.3. The molecular weight excluding hydrogens is 224 g/mol. The fourth-order valence-corrected chi connectivity index (χ4v) is 1.98. The van der Waals surface area contributed by atoms with Crippen LogP contribution in [0.4, 0.5) is 0 Å². The predicted molar refractivity (Wildman–Crippen MR) is 72.6 cm³/mol. The van der Waals surface area contributed by atoms with Crippen molar-refractivity contribution in [2.45, 2.75) is 20.8 Å². The highest BCUT2D eigenvalue weighted by atomic mass is 16.3. The molecule has 0 saturated carbocycles. The van der Waals surface area contributed by atoms with Gasteiger partial charge in [-0.25, -0.2) is 0 Å². The molecule has 92 valence electrons. The van der Waals surface area contributed by atoms with Crippen LogP contribution in [0.25, 0.3) is 5.57 Å². The van der Waals surface area contributed by atoms with Crippen LogP contribution in [0.2, 0.25) is 0 Å². The lowest BCUT2D eigenvalue weighted by Gasteiger charge is -2.07. The van der Waals surface area contributed by atoms with E-state index in [1.165, 1.54) is 12.5 Å². The van der Waals surface area contributed by atoms with Crippen LogP contribution in [0.1, 0.15) is 41.3 Å². The fourth-order valence-electron chi connectivity index (χ4n) is 1.98. The van der Waals surface area contributed by atoms with Gasteiger partial charge in [0.15, 0.2) is 11.5 Å². The standard InChI is InChI=1S/C16H16O2/c1-4-13(14-8-6-5-7-11(14)2)16-10-9-15(18-16)12(3)17/h4-10H,1-3H3. The van der Waals surface area contributed by atoms with Crippen molar-refractivity contribution >= 4 is 11.4 Å². The SMILES string of the molecule is CC=C(c1ccc(C(C)=O)o1)c1ccccc1C. The first-order chi connectivity index (χ1) is 8.63. The van der Waals surface area contributed by atoms with Crippen molar-refractivity contribution in [3.8, 4) is 0 Å². The van der Waals surface area contributed by atoms with E-state index in [9.17, 15) is 4.79 Å². The number of furan rings is 1. The molecule has 2 rings (SSSR count). The first-order valence-corrected chi connectivity index (χ1v) is 5.97. The maximum atomic E-state index is 11.3. The lowest BCUT2D eigenvalue weighted by Crippen LogP contribution is -1.90. The van der Waals surface area contributed by atoms with Crippen LogP contribution in [0.15, 0.2) is 46.9 Å². The summed E-state index contributed by atoms with van der Waals surface area (Å²) < 4.78 is 5.59. The Morgan fingerprint density at radius 3 is 2.33 bits per heavy atom. The number of carbonyl (C=O) groups is 1. The van der Waals surface area contributed by atoms with Gasteiger partial charge < -0.3 is 4.42 Å². The molecule has 0 aliphatic heterocycles. The van der Waals surface area contributed by atoms with Gasteiger partial charge in [-0.05, 0) is 37.1 Å². The van der Waals surface area contributed by atoms with E-state index in [2.05, 4.69) is 19.1 Å². The number of hydrogen-bond acceptors (Lipinski definition) is 2. The lowest BCUT2D eigenvalue weighted by molar-refractivity contribution is 0.0987. The molecule has 0 spiro atoms. The third-order valence-electron chi connectivity index (χ3n) is 2.94. The van der Waals surface area contributed by atoms with E-state index in [-0.39, 0.29) is 5.78 Å². The van der Waals surface area contributed by atoms with Crippen molar-refractivity contribution in [1.29, 1.82) is 0 Å². The number of rotatable bonds is 3. The number of allylic oxidation sites excluding steroid dienone is 1. The third kappa shape index (κ3) is 2.28. The lowest BCUT2D eigenvalue weighted by atomic mass is 9.99. The zero-order valence-electron chi connectivity index (χ0n) is 10.9. The molecular formula is C16H16O2. The molecule has 1 aromatic carbocycles. The molecule has 0 atom stereocenters. The first kappa shape index (κ1) is 12.4. The van der Waals surface area contributed by atoms with Gasteiger partial charge in [-0.15, -0.1) is 0 Å². The van der Waals surface area contributed by atoms with Crippen molar-refractivity contribution in [2.75, 3.05) is 0 Å². The minimum atomic E-state index is -0.0542. The van der Waals surface area contributed by atoms with Crippen molar-refractivity contribution in [1.82, 2.24) is 0 Å². The molecule has 0 aliphatic rings. The molecule has 0 amide bonds. The van der Waals surface area contributed by atoms with Crippen LogP contribution in [0.5, 0.6) is 0 Å². The molecule has 0 aliphatic carbocycles. The molecule has 0 radical (unpaired) electrons. The van der Waals surface area contributed by atoms with Gasteiger partial charge in [-0.3, -0.25) is 4.79 Å². The average Bonchev–Trinajstić information content (AvgIpc) is 2.82. The van der Waals surface area contributed by atoms with Crippen LogP contribution in [0.3, 0.4) is 0 Å². The van der Waals surface area contributed by atoms with Crippen molar-refractivity contribution in [3.63, 3.8) is 0 Å².